The SMILES string of the molecule is CCOC(=O)C1C(=O)NCCC1F. The highest BCUT2D eigenvalue weighted by molar-refractivity contribution is 5.99. The van der Waals surface area contributed by atoms with Crippen molar-refractivity contribution in [3.63, 3.8) is 0 Å². The summed E-state index contributed by atoms with van der Waals surface area (Å²) in [4.78, 5) is 22.2. The van der Waals surface area contributed by atoms with Gasteiger partial charge in [-0.2, -0.15) is 0 Å². The number of amides is 1. The Labute approximate surface area is 75.4 Å². The van der Waals surface area contributed by atoms with Crippen molar-refractivity contribution in [2.45, 2.75) is 19.5 Å². The fourth-order valence-corrected chi connectivity index (χ4v) is 1.26. The summed E-state index contributed by atoms with van der Waals surface area (Å²) in [5.41, 5.74) is 0. The average molecular weight is 189 g/mol. The maximum atomic E-state index is 13.1. The number of esters is 1. The molecule has 1 saturated heterocycles. The Morgan fingerprint density at radius 2 is 2.46 bits per heavy atom. The van der Waals surface area contributed by atoms with Crippen LogP contribution in [-0.4, -0.2) is 31.2 Å². The maximum absolute atomic E-state index is 13.1. The summed E-state index contributed by atoms with van der Waals surface area (Å²) in [5.74, 6) is -2.61. The van der Waals surface area contributed by atoms with E-state index in [1.54, 1.807) is 6.92 Å². The fraction of sp³-hybridized carbons (Fsp3) is 0.750. The molecule has 74 valence electrons. The molecule has 1 aliphatic rings. The highest BCUT2D eigenvalue weighted by atomic mass is 19.1. The first-order chi connectivity index (χ1) is 6.16. The molecule has 1 rings (SSSR count). The van der Waals surface area contributed by atoms with Gasteiger partial charge in [-0.15, -0.1) is 0 Å². The molecule has 0 aliphatic carbocycles. The van der Waals surface area contributed by atoms with Gasteiger partial charge < -0.3 is 10.1 Å². The molecule has 1 fully saturated rings. The lowest BCUT2D eigenvalue weighted by molar-refractivity contribution is -0.156. The molecule has 0 radical (unpaired) electrons. The lowest BCUT2D eigenvalue weighted by Crippen LogP contribution is -2.47. The summed E-state index contributed by atoms with van der Waals surface area (Å²) in [6.07, 6.45) is -1.23. The Morgan fingerprint density at radius 3 is 3.00 bits per heavy atom. The van der Waals surface area contributed by atoms with E-state index in [1.165, 1.54) is 0 Å². The molecule has 2 unspecified atom stereocenters. The lowest BCUT2D eigenvalue weighted by Gasteiger charge is -2.23. The summed E-state index contributed by atoms with van der Waals surface area (Å²) < 4.78 is 17.7. The highest BCUT2D eigenvalue weighted by Crippen LogP contribution is 2.17. The third kappa shape index (κ3) is 2.17. The van der Waals surface area contributed by atoms with E-state index in [2.05, 4.69) is 10.1 Å². The molecule has 4 nitrogen and oxygen atoms in total. The summed E-state index contributed by atoms with van der Waals surface area (Å²) in [6.45, 7) is 2.07. The van der Waals surface area contributed by atoms with Crippen molar-refractivity contribution in [2.75, 3.05) is 13.2 Å². The van der Waals surface area contributed by atoms with Crippen LogP contribution in [0, 0.1) is 5.92 Å². The molecule has 0 saturated carbocycles. The third-order valence-corrected chi connectivity index (χ3v) is 1.90. The standard InChI is InChI=1S/C8H12FNO3/c1-2-13-8(12)6-5(9)3-4-10-7(6)11/h5-6H,2-4H2,1H3,(H,10,11). The number of hydrogen-bond donors (Lipinski definition) is 1. The topological polar surface area (TPSA) is 55.4 Å². The minimum absolute atomic E-state index is 0.162. The Bertz CT molecular complexity index is 219. The van der Waals surface area contributed by atoms with Gasteiger partial charge in [0.25, 0.3) is 0 Å². The van der Waals surface area contributed by atoms with E-state index in [-0.39, 0.29) is 19.6 Å². The number of hydrogen-bond acceptors (Lipinski definition) is 3. The Balaban J connectivity index is 2.62. The summed E-state index contributed by atoms with van der Waals surface area (Å²) in [5, 5.41) is 2.42. The lowest BCUT2D eigenvalue weighted by atomic mass is 9.97. The summed E-state index contributed by atoms with van der Waals surface area (Å²) >= 11 is 0. The number of ether oxygens (including phenoxy) is 1. The summed E-state index contributed by atoms with van der Waals surface area (Å²) in [7, 11) is 0. The predicted molar refractivity (Wildman–Crippen MR) is 42.6 cm³/mol. The molecular formula is C8H12FNO3. The largest absolute Gasteiger partial charge is 0.465 e. The zero-order valence-electron chi connectivity index (χ0n) is 7.38. The van der Waals surface area contributed by atoms with Crippen molar-refractivity contribution < 1.29 is 18.7 Å². The van der Waals surface area contributed by atoms with Gasteiger partial charge in [0.05, 0.1) is 6.61 Å². The smallest absolute Gasteiger partial charge is 0.321 e. The second-order valence-electron chi connectivity index (χ2n) is 2.83. The van der Waals surface area contributed by atoms with Gasteiger partial charge >= 0.3 is 5.97 Å². The first kappa shape index (κ1) is 9.95. The number of nitrogens with one attached hydrogen (secondary N) is 1. The van der Waals surface area contributed by atoms with E-state index in [0.717, 1.165) is 0 Å². The molecule has 1 aliphatic heterocycles. The van der Waals surface area contributed by atoms with Gasteiger partial charge in [-0.05, 0) is 13.3 Å². The first-order valence-corrected chi connectivity index (χ1v) is 4.25. The zero-order chi connectivity index (χ0) is 9.84. The fourth-order valence-electron chi connectivity index (χ4n) is 1.26. The van der Waals surface area contributed by atoms with Crippen LogP contribution < -0.4 is 5.32 Å². The van der Waals surface area contributed by atoms with E-state index in [1.807, 2.05) is 0 Å². The summed E-state index contributed by atoms with van der Waals surface area (Å²) in [6, 6.07) is 0. The normalized spacial score (nSPS) is 28.0. The Kier molecular flexibility index (Phi) is 3.22. The molecular weight excluding hydrogens is 177 g/mol. The van der Waals surface area contributed by atoms with Crippen LogP contribution in [0.4, 0.5) is 4.39 Å². The van der Waals surface area contributed by atoms with Crippen LogP contribution in [0.15, 0.2) is 0 Å². The van der Waals surface area contributed by atoms with Gasteiger partial charge in [0.1, 0.15) is 6.17 Å². The van der Waals surface area contributed by atoms with Crippen LogP contribution in [0.3, 0.4) is 0 Å². The van der Waals surface area contributed by atoms with Gasteiger partial charge in [-0.25, -0.2) is 4.39 Å². The van der Waals surface area contributed by atoms with E-state index in [9.17, 15) is 14.0 Å². The monoisotopic (exact) mass is 189 g/mol. The van der Waals surface area contributed by atoms with Crippen LogP contribution in [0.2, 0.25) is 0 Å². The number of carbonyl (C=O) groups excluding carboxylic acids is 2. The number of halogens is 1. The molecule has 2 atom stereocenters. The van der Waals surface area contributed by atoms with E-state index < -0.39 is 24.0 Å². The molecule has 13 heavy (non-hydrogen) atoms. The van der Waals surface area contributed by atoms with Crippen LogP contribution in [-0.2, 0) is 14.3 Å². The second kappa shape index (κ2) is 4.20. The molecule has 5 heteroatoms. The number of rotatable bonds is 2. The van der Waals surface area contributed by atoms with Crippen molar-refractivity contribution in [3.05, 3.63) is 0 Å². The van der Waals surface area contributed by atoms with Gasteiger partial charge in [0, 0.05) is 6.54 Å². The van der Waals surface area contributed by atoms with Crippen molar-refractivity contribution in [1.29, 1.82) is 0 Å². The average Bonchev–Trinajstić information content (AvgIpc) is 2.04. The molecule has 0 bridgehead atoms. The van der Waals surface area contributed by atoms with E-state index in [4.69, 9.17) is 0 Å². The van der Waals surface area contributed by atoms with Gasteiger partial charge in [-0.1, -0.05) is 0 Å². The Hall–Kier alpha value is -1.13. The minimum atomic E-state index is -1.41. The number of alkyl halides is 1. The molecule has 0 spiro atoms. The molecule has 1 amide bonds. The van der Waals surface area contributed by atoms with Gasteiger partial charge in [-0.3, -0.25) is 9.59 Å². The van der Waals surface area contributed by atoms with E-state index >= 15 is 0 Å². The van der Waals surface area contributed by atoms with Crippen molar-refractivity contribution in [3.8, 4) is 0 Å². The van der Waals surface area contributed by atoms with Crippen molar-refractivity contribution >= 4 is 11.9 Å². The van der Waals surface area contributed by atoms with E-state index in [0.29, 0.717) is 0 Å². The number of piperidine rings is 1. The molecule has 0 aromatic carbocycles. The van der Waals surface area contributed by atoms with Crippen molar-refractivity contribution in [1.82, 2.24) is 5.32 Å². The van der Waals surface area contributed by atoms with Crippen LogP contribution in [0.1, 0.15) is 13.3 Å². The van der Waals surface area contributed by atoms with Gasteiger partial charge in [0.15, 0.2) is 5.92 Å². The second-order valence-corrected chi connectivity index (χ2v) is 2.83. The zero-order valence-corrected chi connectivity index (χ0v) is 7.38. The third-order valence-electron chi connectivity index (χ3n) is 1.90. The minimum Gasteiger partial charge on any atom is -0.465 e. The van der Waals surface area contributed by atoms with Gasteiger partial charge in [0.2, 0.25) is 5.91 Å². The van der Waals surface area contributed by atoms with Crippen LogP contribution in [0.25, 0.3) is 0 Å². The first-order valence-electron chi connectivity index (χ1n) is 4.25. The highest BCUT2D eigenvalue weighted by Gasteiger charge is 2.38. The van der Waals surface area contributed by atoms with Crippen LogP contribution >= 0.6 is 0 Å². The quantitative estimate of drug-likeness (QED) is 0.492. The maximum Gasteiger partial charge on any atom is 0.321 e. The number of carbonyl (C=O) groups is 2. The predicted octanol–water partition coefficient (Wildman–Crippen LogP) is 0.0237. The molecule has 1 heterocycles. The van der Waals surface area contributed by atoms with Crippen molar-refractivity contribution in [2.24, 2.45) is 5.92 Å². The molecule has 0 aromatic heterocycles. The van der Waals surface area contributed by atoms with Crippen LogP contribution in [0.5, 0.6) is 0 Å². The molecule has 1 N–H and O–H groups in total. The molecule has 0 aromatic rings. The Morgan fingerprint density at radius 1 is 1.77 bits per heavy atom.